The molecule has 0 aliphatic heterocycles. The van der Waals surface area contributed by atoms with Gasteiger partial charge in [-0.2, -0.15) is 0 Å². The summed E-state index contributed by atoms with van der Waals surface area (Å²) in [6.07, 6.45) is 8.61. The fraction of sp³-hybridized carbons (Fsp3) is 0.556. The Morgan fingerprint density at radius 1 is 1.05 bits per heavy atom. The predicted octanol–water partition coefficient (Wildman–Crippen LogP) is 4.93. The SMILES string of the molecule is C=CC1(Cl)[C@@H]2CC3C[C@H]1CC(c1ccccc1)(C3)C2. The fourth-order valence-electron chi connectivity index (χ4n) is 5.47. The average molecular weight is 273 g/mol. The molecule has 0 saturated heterocycles. The molecule has 0 amide bonds. The van der Waals surface area contributed by atoms with Gasteiger partial charge in [0.1, 0.15) is 0 Å². The molecule has 0 heterocycles. The van der Waals surface area contributed by atoms with Crippen molar-refractivity contribution in [3.05, 3.63) is 48.6 Å². The summed E-state index contributed by atoms with van der Waals surface area (Å²) >= 11 is 6.94. The van der Waals surface area contributed by atoms with Crippen LogP contribution in [0.15, 0.2) is 43.0 Å². The van der Waals surface area contributed by atoms with Crippen molar-refractivity contribution in [1.29, 1.82) is 0 Å². The Morgan fingerprint density at radius 3 is 2.26 bits per heavy atom. The lowest BCUT2D eigenvalue weighted by Crippen LogP contribution is -2.59. The van der Waals surface area contributed by atoms with Crippen molar-refractivity contribution in [3.8, 4) is 0 Å². The van der Waals surface area contributed by atoms with Crippen molar-refractivity contribution in [2.45, 2.75) is 42.4 Å². The maximum atomic E-state index is 6.94. The number of hydrogen-bond donors (Lipinski definition) is 0. The van der Waals surface area contributed by atoms with E-state index in [1.807, 2.05) is 0 Å². The van der Waals surface area contributed by atoms with Gasteiger partial charge in [-0.3, -0.25) is 0 Å². The second-order valence-corrected chi connectivity index (χ2v) is 7.68. The number of halogens is 1. The van der Waals surface area contributed by atoms with Crippen LogP contribution in [0.2, 0.25) is 0 Å². The zero-order valence-electron chi connectivity index (χ0n) is 11.3. The molecule has 0 N–H and O–H groups in total. The van der Waals surface area contributed by atoms with Crippen LogP contribution in [0, 0.1) is 17.8 Å². The monoisotopic (exact) mass is 272 g/mol. The first-order chi connectivity index (χ1) is 9.16. The molecule has 3 unspecified atom stereocenters. The van der Waals surface area contributed by atoms with Crippen molar-refractivity contribution < 1.29 is 0 Å². The van der Waals surface area contributed by atoms with Crippen LogP contribution in [0.1, 0.15) is 37.7 Å². The van der Waals surface area contributed by atoms with Crippen molar-refractivity contribution in [1.82, 2.24) is 0 Å². The normalized spacial score (nSPS) is 47.3. The van der Waals surface area contributed by atoms with Crippen molar-refractivity contribution in [2.24, 2.45) is 17.8 Å². The minimum absolute atomic E-state index is 0.116. The van der Waals surface area contributed by atoms with E-state index in [0.717, 1.165) is 5.92 Å². The smallest absolute Gasteiger partial charge is 0.0680 e. The van der Waals surface area contributed by atoms with Gasteiger partial charge in [-0.25, -0.2) is 0 Å². The number of benzene rings is 1. The summed E-state index contributed by atoms with van der Waals surface area (Å²) in [4.78, 5) is -0.116. The highest BCUT2D eigenvalue weighted by atomic mass is 35.5. The van der Waals surface area contributed by atoms with Crippen LogP contribution in [0.5, 0.6) is 0 Å². The zero-order valence-corrected chi connectivity index (χ0v) is 12.1. The van der Waals surface area contributed by atoms with Gasteiger partial charge in [0, 0.05) is 0 Å². The Kier molecular flexibility index (Phi) is 2.46. The van der Waals surface area contributed by atoms with Gasteiger partial charge < -0.3 is 0 Å². The third-order valence-corrected chi connectivity index (χ3v) is 6.91. The molecule has 0 radical (unpaired) electrons. The second kappa shape index (κ2) is 3.88. The molecule has 0 nitrogen and oxygen atoms in total. The lowest BCUT2D eigenvalue weighted by Gasteiger charge is -2.63. The van der Waals surface area contributed by atoms with Gasteiger partial charge in [-0.15, -0.1) is 18.2 Å². The lowest BCUT2D eigenvalue weighted by molar-refractivity contribution is -0.0251. The van der Waals surface area contributed by atoms with Gasteiger partial charge in [-0.05, 0) is 60.8 Å². The minimum Gasteiger partial charge on any atom is -0.114 e. The van der Waals surface area contributed by atoms with Gasteiger partial charge in [0.25, 0.3) is 0 Å². The number of hydrogen-bond acceptors (Lipinski definition) is 0. The van der Waals surface area contributed by atoms with Crippen LogP contribution in [-0.2, 0) is 5.41 Å². The fourth-order valence-corrected chi connectivity index (χ4v) is 5.80. The summed E-state index contributed by atoms with van der Waals surface area (Å²) in [5, 5.41) is 0. The van der Waals surface area contributed by atoms with E-state index in [0.29, 0.717) is 17.3 Å². The Hall–Kier alpha value is -0.750. The van der Waals surface area contributed by atoms with Gasteiger partial charge >= 0.3 is 0 Å². The van der Waals surface area contributed by atoms with Crippen LogP contribution in [-0.4, -0.2) is 4.87 Å². The van der Waals surface area contributed by atoms with Gasteiger partial charge in [0.2, 0.25) is 0 Å². The Labute approximate surface area is 120 Å². The highest BCUT2D eigenvalue weighted by Crippen LogP contribution is 2.66. The molecule has 19 heavy (non-hydrogen) atoms. The molecule has 5 rings (SSSR count). The highest BCUT2D eigenvalue weighted by Gasteiger charge is 2.60. The van der Waals surface area contributed by atoms with E-state index in [4.69, 9.17) is 11.6 Å². The molecule has 0 aromatic heterocycles. The summed E-state index contributed by atoms with van der Waals surface area (Å²) in [5.41, 5.74) is 1.97. The molecule has 1 heteroatoms. The van der Waals surface area contributed by atoms with E-state index in [1.165, 1.54) is 32.1 Å². The summed E-state index contributed by atoms with van der Waals surface area (Å²) < 4.78 is 0. The summed E-state index contributed by atoms with van der Waals surface area (Å²) in [7, 11) is 0. The molecule has 0 spiro atoms. The molecule has 4 aliphatic rings. The second-order valence-electron chi connectivity index (χ2n) is 7.02. The summed E-state index contributed by atoms with van der Waals surface area (Å²) in [5.74, 6) is 2.17. The van der Waals surface area contributed by atoms with E-state index in [-0.39, 0.29) is 4.87 Å². The molecule has 1 aromatic carbocycles. The molecule has 100 valence electrons. The lowest BCUT2D eigenvalue weighted by atomic mass is 9.44. The molecular formula is C18H21Cl. The molecular weight excluding hydrogens is 252 g/mol. The summed E-state index contributed by atoms with van der Waals surface area (Å²) in [6.45, 7) is 4.04. The van der Waals surface area contributed by atoms with Crippen molar-refractivity contribution in [2.75, 3.05) is 0 Å². The molecule has 4 saturated carbocycles. The van der Waals surface area contributed by atoms with E-state index < -0.39 is 0 Å². The first-order valence-corrected chi connectivity index (χ1v) is 7.92. The maximum absolute atomic E-state index is 6.94. The van der Waals surface area contributed by atoms with Gasteiger partial charge in [0.05, 0.1) is 4.87 Å². The van der Waals surface area contributed by atoms with E-state index in [2.05, 4.69) is 43.0 Å². The van der Waals surface area contributed by atoms with Crippen LogP contribution in [0.3, 0.4) is 0 Å². The third-order valence-electron chi connectivity index (χ3n) is 6.14. The van der Waals surface area contributed by atoms with E-state index >= 15 is 0 Å². The minimum atomic E-state index is -0.116. The largest absolute Gasteiger partial charge is 0.114 e. The number of rotatable bonds is 2. The first kappa shape index (κ1) is 12.0. The molecule has 1 aromatic rings. The van der Waals surface area contributed by atoms with Crippen LogP contribution < -0.4 is 0 Å². The molecule has 4 aliphatic carbocycles. The van der Waals surface area contributed by atoms with E-state index in [9.17, 15) is 0 Å². The average Bonchev–Trinajstić information content (AvgIpc) is 2.45. The number of alkyl halides is 1. The molecule has 4 bridgehead atoms. The highest BCUT2D eigenvalue weighted by molar-refractivity contribution is 6.25. The van der Waals surface area contributed by atoms with Crippen molar-refractivity contribution in [3.63, 3.8) is 0 Å². The quantitative estimate of drug-likeness (QED) is 0.529. The third kappa shape index (κ3) is 1.53. The van der Waals surface area contributed by atoms with E-state index in [1.54, 1.807) is 5.56 Å². The van der Waals surface area contributed by atoms with Crippen LogP contribution in [0.25, 0.3) is 0 Å². The number of allylic oxidation sites excluding steroid dienone is 1. The molecule has 4 fully saturated rings. The Bertz CT molecular complexity index is 488. The Balaban J connectivity index is 1.77. The van der Waals surface area contributed by atoms with Gasteiger partial charge in [-0.1, -0.05) is 36.4 Å². The Morgan fingerprint density at radius 2 is 1.68 bits per heavy atom. The van der Waals surface area contributed by atoms with Crippen molar-refractivity contribution >= 4 is 11.6 Å². The predicted molar refractivity (Wildman–Crippen MR) is 80.5 cm³/mol. The standard InChI is InChI=1S/C18H21Cl/c1-2-18(19)15-8-13-9-16(18)12-17(10-13,11-15)14-6-4-3-5-7-14/h2-7,13,15-16H,1,8-12H2/t13?,15-,16+,17?,18?. The summed E-state index contributed by atoms with van der Waals surface area (Å²) in [6, 6.07) is 11.2. The van der Waals surface area contributed by atoms with Crippen LogP contribution in [0.4, 0.5) is 0 Å². The maximum Gasteiger partial charge on any atom is 0.0680 e. The van der Waals surface area contributed by atoms with Crippen LogP contribution >= 0.6 is 11.6 Å². The zero-order chi connectivity index (χ0) is 13.1. The molecule has 5 atom stereocenters. The van der Waals surface area contributed by atoms with Gasteiger partial charge in [0.15, 0.2) is 0 Å². The topological polar surface area (TPSA) is 0 Å². The first-order valence-electron chi connectivity index (χ1n) is 7.54.